The van der Waals surface area contributed by atoms with Crippen molar-refractivity contribution in [1.29, 1.82) is 5.26 Å². The van der Waals surface area contributed by atoms with Crippen molar-refractivity contribution in [2.24, 2.45) is 0 Å². The molecule has 1 aliphatic heterocycles. The molecule has 0 N–H and O–H groups in total. The normalized spacial score (nSPS) is 25.5. The van der Waals surface area contributed by atoms with Crippen molar-refractivity contribution in [3.8, 4) is 6.07 Å². The number of benzene rings is 1. The Morgan fingerprint density at radius 2 is 2.18 bits per heavy atom. The minimum Gasteiger partial charge on any atom is -0.376 e. The fourth-order valence-corrected chi connectivity index (χ4v) is 2.18. The number of ether oxygens (including phenoxy) is 1. The van der Waals surface area contributed by atoms with Gasteiger partial charge < -0.3 is 4.74 Å². The monoisotopic (exact) mass is 230 g/mol. The van der Waals surface area contributed by atoms with E-state index in [1.165, 1.54) is 0 Å². The van der Waals surface area contributed by atoms with Crippen LogP contribution in [0.2, 0.25) is 0 Å². The van der Waals surface area contributed by atoms with Gasteiger partial charge in [0.15, 0.2) is 0 Å². The molecule has 0 aliphatic carbocycles. The first kappa shape index (κ1) is 12.1. The van der Waals surface area contributed by atoms with Crippen LogP contribution in [0.4, 0.5) is 0 Å². The Hall–Kier alpha value is -1.37. The molecular weight excluding hydrogens is 212 g/mol. The van der Waals surface area contributed by atoms with Gasteiger partial charge in [-0.25, -0.2) is 0 Å². The number of nitriles is 1. The Balaban J connectivity index is 2.12. The van der Waals surface area contributed by atoms with Crippen LogP contribution in [0.15, 0.2) is 24.3 Å². The molecule has 0 aromatic heterocycles. The maximum absolute atomic E-state index is 9.07. The Morgan fingerprint density at radius 1 is 1.41 bits per heavy atom. The van der Waals surface area contributed by atoms with Crippen molar-refractivity contribution in [3.05, 3.63) is 35.4 Å². The summed E-state index contributed by atoms with van der Waals surface area (Å²) in [5, 5.41) is 9.07. The molecule has 1 aliphatic rings. The van der Waals surface area contributed by atoms with Crippen molar-refractivity contribution >= 4 is 0 Å². The second-order valence-electron chi connectivity index (χ2n) is 4.69. The van der Waals surface area contributed by atoms with Gasteiger partial charge in [0.1, 0.15) is 0 Å². The fraction of sp³-hybridized carbons (Fsp3) is 0.500. The zero-order chi connectivity index (χ0) is 12.3. The number of nitrogens with zero attached hydrogens (tertiary/aromatic N) is 2. The van der Waals surface area contributed by atoms with Crippen molar-refractivity contribution in [2.75, 3.05) is 13.2 Å². The van der Waals surface area contributed by atoms with Crippen molar-refractivity contribution in [1.82, 2.24) is 4.90 Å². The maximum atomic E-state index is 9.07. The van der Waals surface area contributed by atoms with Crippen LogP contribution in [-0.4, -0.2) is 30.2 Å². The van der Waals surface area contributed by atoms with Crippen LogP contribution in [0.5, 0.6) is 0 Å². The van der Waals surface area contributed by atoms with Gasteiger partial charge in [0.25, 0.3) is 0 Å². The molecule has 0 amide bonds. The smallest absolute Gasteiger partial charge is 0.0995 e. The summed E-state index contributed by atoms with van der Waals surface area (Å²) < 4.78 is 5.61. The second-order valence-corrected chi connectivity index (χ2v) is 4.69. The third kappa shape index (κ3) is 2.85. The van der Waals surface area contributed by atoms with Gasteiger partial charge in [-0.05, 0) is 25.5 Å². The highest BCUT2D eigenvalue weighted by Gasteiger charge is 2.23. The van der Waals surface area contributed by atoms with Gasteiger partial charge in [-0.3, -0.25) is 4.90 Å². The minimum absolute atomic E-state index is 0.278. The summed E-state index contributed by atoms with van der Waals surface area (Å²) >= 11 is 0. The maximum Gasteiger partial charge on any atom is 0.0995 e. The van der Waals surface area contributed by atoms with Gasteiger partial charge in [0.2, 0.25) is 0 Å². The molecule has 1 heterocycles. The molecule has 2 unspecified atom stereocenters. The van der Waals surface area contributed by atoms with Crippen LogP contribution in [0, 0.1) is 11.3 Å². The van der Waals surface area contributed by atoms with Crippen LogP contribution in [0.3, 0.4) is 0 Å². The molecule has 0 saturated carbocycles. The van der Waals surface area contributed by atoms with Crippen LogP contribution in [0.25, 0.3) is 0 Å². The Kier molecular flexibility index (Phi) is 3.78. The quantitative estimate of drug-likeness (QED) is 0.781. The van der Waals surface area contributed by atoms with Crippen molar-refractivity contribution < 1.29 is 4.74 Å². The molecule has 1 aromatic rings. The molecule has 90 valence electrons. The molecule has 1 fully saturated rings. The Bertz CT molecular complexity index is 424. The first-order valence-electron chi connectivity index (χ1n) is 6.04. The van der Waals surface area contributed by atoms with Crippen molar-refractivity contribution in [2.45, 2.75) is 32.5 Å². The van der Waals surface area contributed by atoms with E-state index in [1.54, 1.807) is 0 Å². The van der Waals surface area contributed by atoms with E-state index < -0.39 is 0 Å². The largest absolute Gasteiger partial charge is 0.376 e. The SMILES string of the molecule is CC1CN(Cc2ccccc2C#N)C(C)CO1. The first-order valence-corrected chi connectivity index (χ1v) is 6.04. The van der Waals surface area contributed by atoms with Crippen LogP contribution < -0.4 is 0 Å². The highest BCUT2D eigenvalue weighted by molar-refractivity contribution is 5.37. The molecule has 3 heteroatoms. The van der Waals surface area contributed by atoms with E-state index >= 15 is 0 Å². The van der Waals surface area contributed by atoms with E-state index in [9.17, 15) is 0 Å². The number of hydrogen-bond donors (Lipinski definition) is 0. The van der Waals surface area contributed by atoms with E-state index in [2.05, 4.69) is 24.8 Å². The van der Waals surface area contributed by atoms with E-state index in [0.29, 0.717) is 6.04 Å². The molecule has 17 heavy (non-hydrogen) atoms. The summed E-state index contributed by atoms with van der Waals surface area (Å²) in [6.45, 7) is 6.80. The highest BCUT2D eigenvalue weighted by Crippen LogP contribution is 2.17. The van der Waals surface area contributed by atoms with Gasteiger partial charge in [-0.2, -0.15) is 5.26 Å². The topological polar surface area (TPSA) is 36.3 Å². The zero-order valence-corrected chi connectivity index (χ0v) is 10.4. The van der Waals surface area contributed by atoms with Crippen molar-refractivity contribution in [3.63, 3.8) is 0 Å². The molecule has 0 spiro atoms. The molecule has 2 rings (SSSR count). The molecule has 1 saturated heterocycles. The average Bonchev–Trinajstić information content (AvgIpc) is 2.34. The average molecular weight is 230 g/mol. The summed E-state index contributed by atoms with van der Waals surface area (Å²) in [4.78, 5) is 2.38. The van der Waals surface area contributed by atoms with Gasteiger partial charge >= 0.3 is 0 Å². The van der Waals surface area contributed by atoms with Gasteiger partial charge in [0.05, 0.1) is 24.3 Å². The lowest BCUT2D eigenvalue weighted by Gasteiger charge is -2.36. The summed E-state index contributed by atoms with van der Waals surface area (Å²) in [6, 6.07) is 10.5. The second kappa shape index (κ2) is 5.31. The first-order chi connectivity index (χ1) is 8.20. The summed E-state index contributed by atoms with van der Waals surface area (Å²) in [7, 11) is 0. The lowest BCUT2D eigenvalue weighted by Crippen LogP contribution is -2.46. The van der Waals surface area contributed by atoms with E-state index in [4.69, 9.17) is 10.00 Å². The molecule has 2 atom stereocenters. The van der Waals surface area contributed by atoms with Crippen LogP contribution in [0.1, 0.15) is 25.0 Å². The van der Waals surface area contributed by atoms with E-state index in [-0.39, 0.29) is 6.10 Å². The fourth-order valence-electron chi connectivity index (χ4n) is 2.18. The lowest BCUT2D eigenvalue weighted by molar-refractivity contribution is -0.0526. The minimum atomic E-state index is 0.278. The zero-order valence-electron chi connectivity index (χ0n) is 10.4. The molecular formula is C14H18N2O. The molecule has 1 aromatic carbocycles. The van der Waals surface area contributed by atoms with Gasteiger partial charge in [-0.1, -0.05) is 18.2 Å². The third-order valence-corrected chi connectivity index (χ3v) is 3.25. The molecule has 0 bridgehead atoms. The van der Waals surface area contributed by atoms with E-state index in [1.807, 2.05) is 24.3 Å². The number of hydrogen-bond acceptors (Lipinski definition) is 3. The standard InChI is InChI=1S/C14H18N2O/c1-11-10-17-12(2)8-16(11)9-14-6-4-3-5-13(14)7-15/h3-6,11-12H,8-10H2,1-2H3. The van der Waals surface area contributed by atoms with Gasteiger partial charge in [-0.15, -0.1) is 0 Å². The lowest BCUT2D eigenvalue weighted by atomic mass is 10.1. The summed E-state index contributed by atoms with van der Waals surface area (Å²) in [5.74, 6) is 0. The molecule has 0 radical (unpaired) electrons. The van der Waals surface area contributed by atoms with Crippen LogP contribution in [-0.2, 0) is 11.3 Å². The Morgan fingerprint density at radius 3 is 2.94 bits per heavy atom. The van der Waals surface area contributed by atoms with Crippen LogP contribution >= 0.6 is 0 Å². The number of morpholine rings is 1. The molecule has 3 nitrogen and oxygen atoms in total. The highest BCUT2D eigenvalue weighted by atomic mass is 16.5. The summed E-state index contributed by atoms with van der Waals surface area (Å²) in [6.07, 6.45) is 0.278. The third-order valence-electron chi connectivity index (χ3n) is 3.25. The van der Waals surface area contributed by atoms with Gasteiger partial charge in [0, 0.05) is 19.1 Å². The predicted molar refractivity (Wildman–Crippen MR) is 66.4 cm³/mol. The Labute approximate surface area is 103 Å². The summed E-state index contributed by atoms with van der Waals surface area (Å²) in [5.41, 5.74) is 1.88. The predicted octanol–water partition coefficient (Wildman–Crippen LogP) is 2.17. The number of rotatable bonds is 2. The van der Waals surface area contributed by atoms with E-state index in [0.717, 1.165) is 30.8 Å².